The summed E-state index contributed by atoms with van der Waals surface area (Å²) in [5, 5.41) is 13.0. The predicted molar refractivity (Wildman–Crippen MR) is 88.9 cm³/mol. The van der Waals surface area contributed by atoms with Crippen molar-refractivity contribution in [2.75, 3.05) is 7.11 Å². The number of nitrogens with zero attached hydrogens (tertiary/aromatic N) is 1. The highest BCUT2D eigenvalue weighted by molar-refractivity contribution is 14.1. The van der Waals surface area contributed by atoms with Crippen LogP contribution in [0.1, 0.15) is 15.9 Å². The van der Waals surface area contributed by atoms with Gasteiger partial charge in [0.25, 0.3) is 5.91 Å². The van der Waals surface area contributed by atoms with Crippen molar-refractivity contribution >= 4 is 34.7 Å². The van der Waals surface area contributed by atoms with E-state index in [9.17, 15) is 4.79 Å². The van der Waals surface area contributed by atoms with Gasteiger partial charge in [0, 0.05) is 5.56 Å². The fourth-order valence-corrected chi connectivity index (χ4v) is 2.33. The fourth-order valence-electron chi connectivity index (χ4n) is 1.60. The van der Waals surface area contributed by atoms with Crippen LogP contribution in [0.15, 0.2) is 47.6 Å². The SMILES string of the molecule is COc1ccc(C(=O)NN=Cc2ccc(O)cc2)cc1I. The molecule has 0 fully saturated rings. The Morgan fingerprint density at radius 1 is 1.29 bits per heavy atom. The number of aromatic hydroxyl groups is 1. The number of carbonyl (C=O) groups excluding carboxylic acids is 1. The first kappa shape index (κ1) is 15.3. The van der Waals surface area contributed by atoms with Gasteiger partial charge in [-0.15, -0.1) is 0 Å². The molecule has 0 aliphatic rings. The molecule has 0 spiro atoms. The zero-order valence-corrected chi connectivity index (χ0v) is 13.4. The first-order valence-electron chi connectivity index (χ1n) is 6.06. The molecule has 5 nitrogen and oxygen atoms in total. The van der Waals surface area contributed by atoms with Crippen LogP contribution >= 0.6 is 22.6 Å². The van der Waals surface area contributed by atoms with Gasteiger partial charge in [0.05, 0.1) is 16.9 Å². The first-order chi connectivity index (χ1) is 10.1. The second-order valence-corrected chi connectivity index (χ2v) is 5.30. The number of phenols is 1. The maximum Gasteiger partial charge on any atom is 0.271 e. The molecule has 0 radical (unpaired) electrons. The normalized spacial score (nSPS) is 10.6. The third-order valence-corrected chi connectivity index (χ3v) is 3.53. The minimum absolute atomic E-state index is 0.184. The third kappa shape index (κ3) is 4.19. The Bertz CT molecular complexity index is 669. The molecule has 0 atom stereocenters. The minimum Gasteiger partial charge on any atom is -0.508 e. The molecule has 21 heavy (non-hydrogen) atoms. The Morgan fingerprint density at radius 3 is 2.62 bits per heavy atom. The monoisotopic (exact) mass is 396 g/mol. The molecule has 108 valence electrons. The summed E-state index contributed by atoms with van der Waals surface area (Å²) in [6, 6.07) is 11.6. The third-order valence-electron chi connectivity index (χ3n) is 2.69. The van der Waals surface area contributed by atoms with E-state index in [1.807, 2.05) is 0 Å². The molecule has 6 heteroatoms. The van der Waals surface area contributed by atoms with Gasteiger partial charge in [0.1, 0.15) is 11.5 Å². The number of halogens is 1. The number of methoxy groups -OCH3 is 1. The van der Waals surface area contributed by atoms with Crippen LogP contribution in [0.4, 0.5) is 0 Å². The van der Waals surface area contributed by atoms with Crippen LogP contribution < -0.4 is 10.2 Å². The average molecular weight is 396 g/mol. The van der Waals surface area contributed by atoms with E-state index >= 15 is 0 Å². The van der Waals surface area contributed by atoms with Crippen molar-refractivity contribution in [3.8, 4) is 11.5 Å². The Labute approximate surface area is 135 Å². The molecule has 2 rings (SSSR count). The van der Waals surface area contributed by atoms with Crippen molar-refractivity contribution in [1.29, 1.82) is 0 Å². The van der Waals surface area contributed by atoms with Gasteiger partial charge in [-0.05, 0) is 70.6 Å². The van der Waals surface area contributed by atoms with Gasteiger partial charge in [0.15, 0.2) is 0 Å². The Kier molecular flexibility index (Phi) is 5.15. The van der Waals surface area contributed by atoms with Crippen LogP contribution in [0.5, 0.6) is 11.5 Å². The lowest BCUT2D eigenvalue weighted by Crippen LogP contribution is -2.17. The summed E-state index contributed by atoms with van der Waals surface area (Å²) in [7, 11) is 1.58. The molecular formula is C15H13IN2O3. The largest absolute Gasteiger partial charge is 0.508 e. The molecule has 2 aromatic rings. The highest BCUT2D eigenvalue weighted by Gasteiger charge is 2.07. The molecule has 1 amide bonds. The number of carbonyl (C=O) groups is 1. The molecule has 2 aromatic carbocycles. The van der Waals surface area contributed by atoms with Crippen molar-refractivity contribution in [2.24, 2.45) is 5.10 Å². The first-order valence-corrected chi connectivity index (χ1v) is 7.14. The molecule has 0 aliphatic carbocycles. The zero-order chi connectivity index (χ0) is 15.2. The number of ether oxygens (including phenoxy) is 1. The van der Waals surface area contributed by atoms with Crippen LogP contribution in [0.3, 0.4) is 0 Å². The van der Waals surface area contributed by atoms with Gasteiger partial charge in [-0.2, -0.15) is 5.10 Å². The standard InChI is InChI=1S/C15H13IN2O3/c1-21-14-7-4-11(8-13(14)16)15(20)18-17-9-10-2-5-12(19)6-3-10/h2-9,19H,1H3,(H,18,20). The van der Waals surface area contributed by atoms with E-state index in [1.165, 1.54) is 6.21 Å². The summed E-state index contributed by atoms with van der Waals surface area (Å²) in [6.45, 7) is 0. The van der Waals surface area contributed by atoms with Gasteiger partial charge < -0.3 is 9.84 Å². The molecule has 0 heterocycles. The van der Waals surface area contributed by atoms with Gasteiger partial charge in [0.2, 0.25) is 0 Å². The molecule has 0 bridgehead atoms. The summed E-state index contributed by atoms with van der Waals surface area (Å²) in [6.07, 6.45) is 1.51. The predicted octanol–water partition coefficient (Wildman–Crippen LogP) is 2.77. The Balaban J connectivity index is 2.01. The molecular weight excluding hydrogens is 383 g/mol. The number of nitrogens with one attached hydrogen (secondary N) is 1. The zero-order valence-electron chi connectivity index (χ0n) is 11.2. The lowest BCUT2D eigenvalue weighted by atomic mass is 10.2. The van der Waals surface area contributed by atoms with Crippen molar-refractivity contribution in [3.05, 3.63) is 57.2 Å². The maximum absolute atomic E-state index is 11.9. The van der Waals surface area contributed by atoms with E-state index in [0.29, 0.717) is 5.56 Å². The smallest absolute Gasteiger partial charge is 0.271 e. The van der Waals surface area contributed by atoms with Gasteiger partial charge in [-0.25, -0.2) is 5.43 Å². The minimum atomic E-state index is -0.300. The molecule has 0 aliphatic heterocycles. The van der Waals surface area contributed by atoms with Gasteiger partial charge >= 0.3 is 0 Å². The lowest BCUT2D eigenvalue weighted by molar-refractivity contribution is 0.0955. The van der Waals surface area contributed by atoms with Crippen molar-refractivity contribution in [1.82, 2.24) is 5.43 Å². The summed E-state index contributed by atoms with van der Waals surface area (Å²) in [4.78, 5) is 11.9. The Hall–Kier alpha value is -2.09. The lowest BCUT2D eigenvalue weighted by Gasteiger charge is -2.05. The van der Waals surface area contributed by atoms with E-state index in [4.69, 9.17) is 9.84 Å². The van der Waals surface area contributed by atoms with Crippen molar-refractivity contribution in [3.63, 3.8) is 0 Å². The van der Waals surface area contributed by atoms with E-state index in [-0.39, 0.29) is 11.7 Å². The molecule has 2 N–H and O–H groups in total. The number of hydrazone groups is 1. The second kappa shape index (κ2) is 7.07. The number of hydrogen-bond acceptors (Lipinski definition) is 4. The fraction of sp³-hybridized carbons (Fsp3) is 0.0667. The molecule has 0 saturated carbocycles. The number of amides is 1. The Morgan fingerprint density at radius 2 is 2.00 bits per heavy atom. The van der Waals surface area contributed by atoms with Crippen molar-refractivity contribution < 1.29 is 14.6 Å². The molecule has 0 unspecified atom stereocenters. The molecule has 0 aromatic heterocycles. The number of phenolic OH excluding ortho intramolecular Hbond substituents is 1. The number of benzene rings is 2. The average Bonchev–Trinajstić information content (AvgIpc) is 2.49. The van der Waals surface area contributed by atoms with E-state index in [0.717, 1.165) is 14.9 Å². The van der Waals surface area contributed by atoms with Crippen LogP contribution in [-0.2, 0) is 0 Å². The van der Waals surface area contributed by atoms with Crippen LogP contribution in [0, 0.1) is 3.57 Å². The van der Waals surface area contributed by atoms with Crippen molar-refractivity contribution in [2.45, 2.75) is 0 Å². The summed E-state index contributed by atoms with van der Waals surface area (Å²) >= 11 is 2.10. The van der Waals surface area contributed by atoms with Crippen LogP contribution in [0.2, 0.25) is 0 Å². The maximum atomic E-state index is 11.9. The van der Waals surface area contributed by atoms with E-state index in [2.05, 4.69) is 33.1 Å². The van der Waals surface area contributed by atoms with Crippen LogP contribution in [-0.4, -0.2) is 24.3 Å². The highest BCUT2D eigenvalue weighted by Crippen LogP contribution is 2.21. The quantitative estimate of drug-likeness (QED) is 0.475. The van der Waals surface area contributed by atoms with E-state index in [1.54, 1.807) is 49.6 Å². The van der Waals surface area contributed by atoms with Gasteiger partial charge in [-0.3, -0.25) is 4.79 Å². The summed E-state index contributed by atoms with van der Waals surface area (Å²) in [5.41, 5.74) is 3.73. The van der Waals surface area contributed by atoms with Crippen LogP contribution in [0.25, 0.3) is 0 Å². The summed E-state index contributed by atoms with van der Waals surface area (Å²) < 4.78 is 5.99. The second-order valence-electron chi connectivity index (χ2n) is 4.14. The number of hydrogen-bond donors (Lipinski definition) is 2. The molecule has 0 saturated heterocycles. The number of rotatable bonds is 4. The topological polar surface area (TPSA) is 70.9 Å². The van der Waals surface area contributed by atoms with E-state index < -0.39 is 0 Å². The van der Waals surface area contributed by atoms with Gasteiger partial charge in [-0.1, -0.05) is 0 Å². The highest BCUT2D eigenvalue weighted by atomic mass is 127. The summed E-state index contributed by atoms with van der Waals surface area (Å²) in [5.74, 6) is 0.606.